The molecule has 3 rings (SSSR count). The Bertz CT molecular complexity index is 765. The van der Waals surface area contributed by atoms with Crippen LogP contribution in [-0.4, -0.2) is 40.1 Å². The van der Waals surface area contributed by atoms with Gasteiger partial charge in [-0.3, -0.25) is 9.69 Å². The summed E-state index contributed by atoms with van der Waals surface area (Å²) in [6.07, 6.45) is 3.50. The second kappa shape index (κ2) is 8.35. The fraction of sp³-hybridized carbons (Fsp3) is 0.500. The van der Waals surface area contributed by atoms with Crippen molar-refractivity contribution in [1.29, 1.82) is 0 Å². The molecule has 1 atom stereocenters. The normalized spacial score (nSPS) is 18.0. The van der Waals surface area contributed by atoms with Crippen LogP contribution in [0.2, 0.25) is 0 Å². The summed E-state index contributed by atoms with van der Waals surface area (Å²) in [6, 6.07) is 3.34. The highest BCUT2D eigenvalue weighted by molar-refractivity contribution is 5.76. The van der Waals surface area contributed by atoms with Crippen LogP contribution < -0.4 is 5.32 Å². The van der Waals surface area contributed by atoms with Crippen molar-refractivity contribution in [3.63, 3.8) is 0 Å². The molecule has 2 heterocycles. The van der Waals surface area contributed by atoms with E-state index in [1.165, 1.54) is 6.07 Å². The summed E-state index contributed by atoms with van der Waals surface area (Å²) >= 11 is 0. The quantitative estimate of drug-likeness (QED) is 0.853. The lowest BCUT2D eigenvalue weighted by Crippen LogP contribution is -2.42. The van der Waals surface area contributed by atoms with E-state index in [2.05, 4.69) is 20.4 Å². The molecule has 0 radical (unpaired) electrons. The molecule has 140 valence electrons. The minimum atomic E-state index is -0.743. The molecule has 1 aromatic heterocycles. The largest absolute Gasteiger partial charge is 0.356 e. The van der Waals surface area contributed by atoms with E-state index in [1.54, 1.807) is 0 Å². The van der Waals surface area contributed by atoms with Crippen molar-refractivity contribution in [2.75, 3.05) is 13.1 Å². The van der Waals surface area contributed by atoms with Crippen molar-refractivity contribution in [2.24, 2.45) is 0 Å². The molecule has 2 aromatic rings. The molecule has 0 saturated carbocycles. The van der Waals surface area contributed by atoms with E-state index in [0.717, 1.165) is 37.9 Å². The number of benzene rings is 1. The van der Waals surface area contributed by atoms with E-state index in [0.29, 0.717) is 25.3 Å². The highest BCUT2D eigenvalue weighted by Crippen LogP contribution is 2.24. The van der Waals surface area contributed by atoms with Crippen molar-refractivity contribution in [3.8, 4) is 11.5 Å². The van der Waals surface area contributed by atoms with E-state index < -0.39 is 11.6 Å². The predicted octanol–water partition coefficient (Wildman–Crippen LogP) is 2.90. The van der Waals surface area contributed by atoms with E-state index in [-0.39, 0.29) is 23.4 Å². The molecular formula is C18H22F2N4O2. The number of rotatable bonds is 6. The first-order valence-electron chi connectivity index (χ1n) is 8.85. The first-order valence-corrected chi connectivity index (χ1v) is 8.85. The first-order chi connectivity index (χ1) is 12.6. The Morgan fingerprint density at radius 1 is 1.38 bits per heavy atom. The fourth-order valence-electron chi connectivity index (χ4n) is 3.25. The zero-order chi connectivity index (χ0) is 18.5. The Morgan fingerprint density at radius 3 is 3.00 bits per heavy atom. The Labute approximate surface area is 150 Å². The van der Waals surface area contributed by atoms with Crippen molar-refractivity contribution < 1.29 is 18.1 Å². The van der Waals surface area contributed by atoms with Gasteiger partial charge in [-0.25, -0.2) is 8.78 Å². The molecule has 8 heteroatoms. The lowest BCUT2D eigenvalue weighted by atomic mass is 9.99. The molecular weight excluding hydrogens is 342 g/mol. The maximum atomic E-state index is 13.9. The van der Waals surface area contributed by atoms with E-state index in [4.69, 9.17) is 4.52 Å². The van der Waals surface area contributed by atoms with Gasteiger partial charge in [-0.1, -0.05) is 11.6 Å². The number of nitrogens with one attached hydrogen (secondary N) is 1. The smallest absolute Gasteiger partial charge is 0.260 e. The summed E-state index contributed by atoms with van der Waals surface area (Å²) in [5.74, 6) is -0.923. The lowest BCUT2D eigenvalue weighted by Gasteiger charge is -2.34. The van der Waals surface area contributed by atoms with Gasteiger partial charge in [-0.15, -0.1) is 0 Å². The van der Waals surface area contributed by atoms with Crippen LogP contribution >= 0.6 is 0 Å². The van der Waals surface area contributed by atoms with Gasteiger partial charge in [0.2, 0.25) is 5.91 Å². The standard InChI is InChI=1S/C18H22F2N4O2/c1-2-21-17(25)10-13-5-3-4-8-24(13)11-16-22-18(26-23-16)14-7-6-12(19)9-15(14)20/h6-7,9,13H,2-5,8,10-11H2,1H3,(H,21,25). The summed E-state index contributed by atoms with van der Waals surface area (Å²) in [5, 5.41) is 6.74. The van der Waals surface area contributed by atoms with Gasteiger partial charge in [0.1, 0.15) is 11.6 Å². The van der Waals surface area contributed by atoms with Gasteiger partial charge in [0.15, 0.2) is 5.82 Å². The van der Waals surface area contributed by atoms with Gasteiger partial charge in [0.05, 0.1) is 12.1 Å². The van der Waals surface area contributed by atoms with Crippen LogP contribution in [0.15, 0.2) is 22.7 Å². The van der Waals surface area contributed by atoms with Crippen molar-refractivity contribution >= 4 is 5.91 Å². The molecule has 1 aliphatic rings. The van der Waals surface area contributed by atoms with Crippen molar-refractivity contribution in [2.45, 2.75) is 45.2 Å². The molecule has 1 saturated heterocycles. The average molecular weight is 364 g/mol. The van der Waals surface area contributed by atoms with Crippen LogP contribution in [0.25, 0.3) is 11.5 Å². The summed E-state index contributed by atoms with van der Waals surface area (Å²) in [7, 11) is 0. The van der Waals surface area contributed by atoms with Crippen LogP contribution in [-0.2, 0) is 11.3 Å². The van der Waals surface area contributed by atoms with Crippen LogP contribution in [0.1, 0.15) is 38.4 Å². The molecule has 1 aliphatic heterocycles. The lowest BCUT2D eigenvalue weighted by molar-refractivity contribution is -0.122. The number of amides is 1. The number of carbonyl (C=O) groups excluding carboxylic acids is 1. The third-order valence-corrected chi connectivity index (χ3v) is 4.52. The van der Waals surface area contributed by atoms with Crippen molar-refractivity contribution in [3.05, 3.63) is 35.7 Å². The number of hydrogen-bond acceptors (Lipinski definition) is 5. The zero-order valence-corrected chi connectivity index (χ0v) is 14.7. The minimum absolute atomic E-state index is 0.0229. The second-order valence-corrected chi connectivity index (χ2v) is 6.42. The predicted molar refractivity (Wildman–Crippen MR) is 91.0 cm³/mol. The van der Waals surface area contributed by atoms with Crippen LogP contribution in [0, 0.1) is 11.6 Å². The number of likely N-dealkylation sites (tertiary alicyclic amines) is 1. The van der Waals surface area contributed by atoms with E-state index >= 15 is 0 Å². The molecule has 0 bridgehead atoms. The molecule has 26 heavy (non-hydrogen) atoms. The maximum Gasteiger partial charge on any atom is 0.260 e. The molecule has 1 fully saturated rings. The fourth-order valence-corrected chi connectivity index (χ4v) is 3.25. The summed E-state index contributed by atoms with van der Waals surface area (Å²) < 4.78 is 32.0. The summed E-state index contributed by atoms with van der Waals surface area (Å²) in [6.45, 7) is 3.78. The zero-order valence-electron chi connectivity index (χ0n) is 14.7. The van der Waals surface area contributed by atoms with Gasteiger partial charge in [-0.05, 0) is 38.4 Å². The van der Waals surface area contributed by atoms with Gasteiger partial charge in [0, 0.05) is 25.1 Å². The number of hydrogen-bond donors (Lipinski definition) is 1. The molecule has 1 unspecified atom stereocenters. The monoisotopic (exact) mass is 364 g/mol. The van der Waals surface area contributed by atoms with Gasteiger partial charge < -0.3 is 9.84 Å². The van der Waals surface area contributed by atoms with Gasteiger partial charge in [0.25, 0.3) is 5.89 Å². The van der Waals surface area contributed by atoms with Crippen LogP contribution in [0.5, 0.6) is 0 Å². The summed E-state index contributed by atoms with van der Waals surface area (Å²) in [4.78, 5) is 18.3. The first kappa shape index (κ1) is 18.4. The van der Waals surface area contributed by atoms with Gasteiger partial charge >= 0.3 is 0 Å². The number of aromatic nitrogens is 2. The highest BCUT2D eigenvalue weighted by atomic mass is 19.1. The Kier molecular flexibility index (Phi) is 5.92. The number of halogens is 2. The summed E-state index contributed by atoms with van der Waals surface area (Å²) in [5.41, 5.74) is 0.0719. The third-order valence-electron chi connectivity index (χ3n) is 4.52. The number of piperidine rings is 1. The SMILES string of the molecule is CCNC(=O)CC1CCCCN1Cc1noc(-c2ccc(F)cc2F)n1. The molecule has 0 spiro atoms. The second-order valence-electron chi connectivity index (χ2n) is 6.42. The Balaban J connectivity index is 1.69. The van der Waals surface area contributed by atoms with E-state index in [1.807, 2.05) is 6.92 Å². The molecule has 1 amide bonds. The molecule has 0 aliphatic carbocycles. The molecule has 1 N–H and O–H groups in total. The van der Waals surface area contributed by atoms with Crippen LogP contribution in [0.4, 0.5) is 8.78 Å². The Hall–Kier alpha value is -2.35. The number of nitrogens with zero attached hydrogens (tertiary/aromatic N) is 3. The Morgan fingerprint density at radius 2 is 2.23 bits per heavy atom. The third kappa shape index (κ3) is 4.43. The highest BCUT2D eigenvalue weighted by Gasteiger charge is 2.26. The topological polar surface area (TPSA) is 71.3 Å². The average Bonchev–Trinajstić information content (AvgIpc) is 3.05. The minimum Gasteiger partial charge on any atom is -0.356 e. The van der Waals surface area contributed by atoms with Crippen LogP contribution in [0.3, 0.4) is 0 Å². The van der Waals surface area contributed by atoms with Gasteiger partial charge in [-0.2, -0.15) is 4.98 Å². The number of carbonyl (C=O) groups is 1. The van der Waals surface area contributed by atoms with E-state index in [9.17, 15) is 13.6 Å². The maximum absolute atomic E-state index is 13.9. The van der Waals surface area contributed by atoms with Crippen molar-refractivity contribution in [1.82, 2.24) is 20.4 Å². The molecule has 6 nitrogen and oxygen atoms in total. The molecule has 1 aromatic carbocycles.